The fourth-order valence-corrected chi connectivity index (χ4v) is 5.62. The number of methoxy groups -OCH3 is 1. The SMILES string of the molecule is CCOP(=S)(NC=S)SCCOC. The molecule has 0 amide bonds. The van der Waals surface area contributed by atoms with Crippen molar-refractivity contribution in [3.05, 3.63) is 0 Å². The lowest BCUT2D eigenvalue weighted by atomic mass is 10.9. The summed E-state index contributed by atoms with van der Waals surface area (Å²) in [6.07, 6.45) is 0. The summed E-state index contributed by atoms with van der Waals surface area (Å²) < 4.78 is 10.4. The molecule has 0 saturated heterocycles. The minimum absolute atomic E-state index is 0.605. The van der Waals surface area contributed by atoms with E-state index in [1.165, 1.54) is 5.49 Å². The first-order valence-corrected chi connectivity index (χ1v) is 8.56. The van der Waals surface area contributed by atoms with Crippen molar-refractivity contribution in [2.24, 2.45) is 0 Å². The van der Waals surface area contributed by atoms with Crippen molar-refractivity contribution in [3.63, 3.8) is 0 Å². The van der Waals surface area contributed by atoms with E-state index >= 15 is 0 Å². The summed E-state index contributed by atoms with van der Waals surface area (Å²) in [6.45, 7) is 3.20. The molecule has 0 heterocycles. The second-order valence-electron chi connectivity index (χ2n) is 1.99. The van der Waals surface area contributed by atoms with Crippen LogP contribution in [0.3, 0.4) is 0 Å². The summed E-state index contributed by atoms with van der Waals surface area (Å²) in [7, 11) is 1.66. The Balaban J connectivity index is 3.91. The normalized spacial score (nSPS) is 14.9. The lowest BCUT2D eigenvalue weighted by molar-refractivity contribution is 0.219. The zero-order valence-corrected chi connectivity index (χ0v) is 11.0. The molecule has 78 valence electrons. The Hall–Kier alpha value is 0.810. The molecule has 0 aliphatic carbocycles. The van der Waals surface area contributed by atoms with E-state index in [9.17, 15) is 0 Å². The van der Waals surface area contributed by atoms with Crippen molar-refractivity contribution < 1.29 is 9.26 Å². The van der Waals surface area contributed by atoms with Gasteiger partial charge in [-0.2, -0.15) is 0 Å². The maximum atomic E-state index is 5.44. The van der Waals surface area contributed by atoms with Gasteiger partial charge in [0.25, 0.3) is 0 Å². The van der Waals surface area contributed by atoms with E-state index in [0.29, 0.717) is 13.2 Å². The molecule has 0 radical (unpaired) electrons. The molecular formula is C6H14NO2PS3. The molecule has 0 spiro atoms. The molecule has 0 bridgehead atoms. The highest BCUT2D eigenvalue weighted by Gasteiger charge is 2.15. The van der Waals surface area contributed by atoms with Crippen LogP contribution in [-0.2, 0) is 21.1 Å². The van der Waals surface area contributed by atoms with Gasteiger partial charge in [-0.05, 0) is 18.7 Å². The molecule has 0 saturated carbocycles. The first-order valence-electron chi connectivity index (χ1n) is 3.78. The van der Waals surface area contributed by atoms with Gasteiger partial charge in [-0.25, -0.2) is 0 Å². The molecule has 13 heavy (non-hydrogen) atoms. The molecule has 0 rings (SSSR count). The third-order valence-corrected chi connectivity index (χ3v) is 6.86. The van der Waals surface area contributed by atoms with Gasteiger partial charge in [0.15, 0.2) is 0 Å². The van der Waals surface area contributed by atoms with Crippen LogP contribution in [0.15, 0.2) is 0 Å². The molecule has 7 heteroatoms. The highest BCUT2D eigenvalue weighted by molar-refractivity contribution is 8.68. The molecule has 0 aromatic carbocycles. The van der Waals surface area contributed by atoms with Gasteiger partial charge < -0.3 is 14.3 Å². The van der Waals surface area contributed by atoms with Gasteiger partial charge in [0, 0.05) is 12.9 Å². The Morgan fingerprint density at radius 1 is 1.62 bits per heavy atom. The molecule has 0 fully saturated rings. The highest BCUT2D eigenvalue weighted by atomic mass is 32.9. The summed E-state index contributed by atoms with van der Waals surface area (Å²) >= 11 is 11.6. The first-order chi connectivity index (χ1) is 6.18. The number of ether oxygens (including phenoxy) is 1. The van der Waals surface area contributed by atoms with Crippen LogP contribution in [0.2, 0.25) is 0 Å². The summed E-state index contributed by atoms with van der Waals surface area (Å²) in [5, 5.41) is 2.92. The van der Waals surface area contributed by atoms with Gasteiger partial charge in [0.05, 0.1) is 18.7 Å². The molecule has 0 aromatic rings. The van der Waals surface area contributed by atoms with E-state index in [2.05, 4.69) is 5.09 Å². The van der Waals surface area contributed by atoms with Gasteiger partial charge in [0.2, 0.25) is 5.62 Å². The summed E-state index contributed by atoms with van der Waals surface area (Å²) in [4.78, 5) is 0. The van der Waals surface area contributed by atoms with E-state index in [1.54, 1.807) is 18.5 Å². The zero-order chi connectivity index (χ0) is 10.2. The van der Waals surface area contributed by atoms with Crippen LogP contribution in [0.25, 0.3) is 0 Å². The molecule has 1 unspecified atom stereocenters. The van der Waals surface area contributed by atoms with Crippen LogP contribution in [0.4, 0.5) is 0 Å². The second kappa shape index (κ2) is 8.15. The van der Waals surface area contributed by atoms with Crippen LogP contribution in [0.5, 0.6) is 0 Å². The van der Waals surface area contributed by atoms with Gasteiger partial charge in [0.1, 0.15) is 0 Å². The van der Waals surface area contributed by atoms with Gasteiger partial charge in [-0.3, -0.25) is 0 Å². The Labute approximate surface area is 93.8 Å². The van der Waals surface area contributed by atoms with Gasteiger partial charge in [-0.1, -0.05) is 23.6 Å². The van der Waals surface area contributed by atoms with E-state index in [-0.39, 0.29) is 0 Å². The lowest BCUT2D eigenvalue weighted by Crippen LogP contribution is -2.07. The maximum absolute atomic E-state index is 5.44. The monoisotopic (exact) mass is 259 g/mol. The molecule has 3 nitrogen and oxygen atoms in total. The maximum Gasteiger partial charge on any atom is 0.210 e. The molecule has 0 aliphatic rings. The zero-order valence-electron chi connectivity index (χ0n) is 7.69. The molecular weight excluding hydrogens is 245 g/mol. The van der Waals surface area contributed by atoms with Crippen molar-refractivity contribution in [1.82, 2.24) is 5.09 Å². The Bertz CT molecular complexity index is 191. The second-order valence-corrected chi connectivity index (χ2v) is 8.96. The van der Waals surface area contributed by atoms with Crippen molar-refractivity contribution in [2.45, 2.75) is 6.92 Å². The fourth-order valence-electron chi connectivity index (χ4n) is 0.587. The van der Waals surface area contributed by atoms with Crippen LogP contribution >= 0.6 is 29.2 Å². The third kappa shape index (κ3) is 6.82. The first kappa shape index (κ1) is 13.8. The number of nitrogens with one attached hydrogen (secondary N) is 1. The molecule has 1 N–H and O–H groups in total. The molecule has 0 aromatic heterocycles. The summed E-state index contributed by atoms with van der Waals surface area (Å²) in [5.74, 6) is 0.823. The molecule has 0 aliphatic heterocycles. The van der Waals surface area contributed by atoms with Crippen molar-refractivity contribution in [1.29, 1.82) is 0 Å². The fraction of sp³-hybridized carbons (Fsp3) is 0.833. The Morgan fingerprint density at radius 2 is 2.31 bits per heavy atom. The summed E-state index contributed by atoms with van der Waals surface area (Å²) in [5.41, 5.74) is -0.562. The smallest absolute Gasteiger partial charge is 0.210 e. The standard InChI is InChI=1S/C6H14NO2PS3/c1-3-9-10(12,7-6-11)13-5-4-8-2/h6H,3-5H2,1-2H3,(H,7,11,12). The Kier molecular flexibility index (Phi) is 8.65. The van der Waals surface area contributed by atoms with E-state index in [0.717, 1.165) is 5.75 Å². The van der Waals surface area contributed by atoms with Crippen LogP contribution in [-0.4, -0.2) is 31.6 Å². The molecule has 1 atom stereocenters. The average Bonchev–Trinajstić information content (AvgIpc) is 2.05. The van der Waals surface area contributed by atoms with Crippen LogP contribution < -0.4 is 5.09 Å². The Morgan fingerprint density at radius 3 is 2.77 bits per heavy atom. The van der Waals surface area contributed by atoms with Crippen molar-refractivity contribution in [2.75, 3.05) is 26.1 Å². The minimum atomic E-state index is -1.99. The number of hydrogen-bond acceptors (Lipinski definition) is 5. The number of thiocarbonyl (C=S) groups is 1. The van der Waals surface area contributed by atoms with Crippen molar-refractivity contribution in [3.8, 4) is 0 Å². The summed E-state index contributed by atoms with van der Waals surface area (Å²) in [6, 6.07) is 0. The highest BCUT2D eigenvalue weighted by Crippen LogP contribution is 2.55. The van der Waals surface area contributed by atoms with E-state index in [1.807, 2.05) is 6.92 Å². The van der Waals surface area contributed by atoms with Gasteiger partial charge in [-0.15, -0.1) is 0 Å². The number of hydrogen-bond donors (Lipinski definition) is 1. The topological polar surface area (TPSA) is 30.5 Å². The van der Waals surface area contributed by atoms with E-state index in [4.69, 9.17) is 33.3 Å². The van der Waals surface area contributed by atoms with Crippen molar-refractivity contribution >= 4 is 46.5 Å². The average molecular weight is 259 g/mol. The number of rotatable bonds is 8. The lowest BCUT2D eigenvalue weighted by Gasteiger charge is -2.19. The van der Waals surface area contributed by atoms with Crippen LogP contribution in [0, 0.1) is 0 Å². The van der Waals surface area contributed by atoms with E-state index < -0.39 is 5.62 Å². The minimum Gasteiger partial charge on any atom is -0.384 e. The largest absolute Gasteiger partial charge is 0.384 e. The third-order valence-electron chi connectivity index (χ3n) is 1.06. The van der Waals surface area contributed by atoms with Crippen LogP contribution in [0.1, 0.15) is 6.92 Å². The predicted molar refractivity (Wildman–Crippen MR) is 67.0 cm³/mol. The predicted octanol–water partition coefficient (Wildman–Crippen LogP) is 2.17. The van der Waals surface area contributed by atoms with Gasteiger partial charge >= 0.3 is 0 Å². The quantitative estimate of drug-likeness (QED) is 0.408.